The Morgan fingerprint density at radius 2 is 1.89 bits per heavy atom. The molecule has 2 N–H and O–H groups in total. The average molecular weight is 386 g/mol. The second-order valence-electron chi connectivity index (χ2n) is 9.21. The molecule has 5 heteroatoms. The van der Waals surface area contributed by atoms with Crippen LogP contribution in [-0.4, -0.2) is 58.8 Å². The van der Waals surface area contributed by atoms with Crippen molar-refractivity contribution in [3.8, 4) is 0 Å². The second kappa shape index (κ2) is 8.42. The fourth-order valence-corrected chi connectivity index (χ4v) is 5.29. The summed E-state index contributed by atoms with van der Waals surface area (Å²) < 4.78 is 0. The third kappa shape index (κ3) is 4.06. The van der Waals surface area contributed by atoms with Gasteiger partial charge in [-0.15, -0.1) is 0 Å². The van der Waals surface area contributed by atoms with E-state index >= 15 is 0 Å². The molecule has 1 saturated carbocycles. The summed E-state index contributed by atoms with van der Waals surface area (Å²) in [5.41, 5.74) is 1.19. The molecule has 3 aliphatic rings. The molecule has 1 aromatic rings. The Morgan fingerprint density at radius 1 is 1.18 bits per heavy atom. The molecule has 2 unspecified atom stereocenters. The highest BCUT2D eigenvalue weighted by molar-refractivity contribution is 5.75. The molecular formula is C23H35N3O2. The molecule has 1 aromatic carbocycles. The molecule has 0 radical (unpaired) electrons. The lowest BCUT2D eigenvalue weighted by Gasteiger charge is -2.54. The zero-order valence-corrected chi connectivity index (χ0v) is 17.1. The van der Waals surface area contributed by atoms with Crippen molar-refractivity contribution in [2.75, 3.05) is 26.2 Å². The maximum absolute atomic E-state index is 13.1. The Labute approximate surface area is 169 Å². The van der Waals surface area contributed by atoms with Crippen LogP contribution in [0.4, 0.5) is 4.79 Å². The van der Waals surface area contributed by atoms with Gasteiger partial charge in [-0.3, -0.25) is 4.90 Å². The summed E-state index contributed by atoms with van der Waals surface area (Å²) in [6.07, 6.45) is 6.86. The van der Waals surface area contributed by atoms with Crippen molar-refractivity contribution < 1.29 is 9.90 Å². The zero-order chi connectivity index (χ0) is 19.6. The molecule has 2 saturated heterocycles. The maximum atomic E-state index is 13.1. The molecule has 0 aromatic heterocycles. The van der Waals surface area contributed by atoms with Gasteiger partial charge in [-0.1, -0.05) is 37.3 Å². The first kappa shape index (κ1) is 19.7. The number of urea groups is 1. The van der Waals surface area contributed by atoms with Crippen molar-refractivity contribution in [3.05, 3.63) is 35.9 Å². The van der Waals surface area contributed by atoms with E-state index in [2.05, 4.69) is 47.5 Å². The van der Waals surface area contributed by atoms with Gasteiger partial charge >= 0.3 is 6.03 Å². The summed E-state index contributed by atoms with van der Waals surface area (Å²) in [6.45, 7) is 5.84. The minimum Gasteiger partial charge on any atom is -0.393 e. The number of nitrogens with zero attached hydrogens (tertiary/aromatic N) is 2. The topological polar surface area (TPSA) is 55.8 Å². The summed E-state index contributed by atoms with van der Waals surface area (Å²) in [5.74, 6) is 0.792. The number of amides is 2. The number of aliphatic hydroxyl groups is 1. The molecule has 5 nitrogen and oxygen atoms in total. The van der Waals surface area contributed by atoms with Crippen molar-refractivity contribution in [2.24, 2.45) is 5.92 Å². The number of hydrogen-bond donors (Lipinski definition) is 2. The number of hydrogen-bond acceptors (Lipinski definition) is 3. The third-order valence-electron chi connectivity index (χ3n) is 7.29. The Balaban J connectivity index is 1.43. The number of benzene rings is 1. The van der Waals surface area contributed by atoms with E-state index in [1.165, 1.54) is 18.4 Å². The Bertz CT molecular complexity index is 653. The molecule has 2 atom stereocenters. The lowest BCUT2D eigenvalue weighted by molar-refractivity contribution is -0.0401. The summed E-state index contributed by atoms with van der Waals surface area (Å²) in [4.78, 5) is 17.7. The Kier molecular flexibility index (Phi) is 5.93. The van der Waals surface area contributed by atoms with Gasteiger partial charge in [0.25, 0.3) is 0 Å². The van der Waals surface area contributed by atoms with Gasteiger partial charge in [-0.2, -0.15) is 0 Å². The van der Waals surface area contributed by atoms with Gasteiger partial charge in [0.15, 0.2) is 0 Å². The van der Waals surface area contributed by atoms with Crippen molar-refractivity contribution in [2.45, 2.75) is 69.6 Å². The van der Waals surface area contributed by atoms with Gasteiger partial charge in [-0.05, 0) is 69.5 Å². The molecule has 4 rings (SSSR count). The van der Waals surface area contributed by atoms with E-state index in [0.29, 0.717) is 19.5 Å². The maximum Gasteiger partial charge on any atom is 0.317 e. The van der Waals surface area contributed by atoms with Crippen LogP contribution in [0, 0.1) is 5.92 Å². The van der Waals surface area contributed by atoms with E-state index in [-0.39, 0.29) is 23.7 Å². The van der Waals surface area contributed by atoms with E-state index in [1.54, 1.807) is 0 Å². The molecule has 0 bridgehead atoms. The van der Waals surface area contributed by atoms with Crippen LogP contribution in [0.1, 0.15) is 63.5 Å². The third-order valence-corrected chi connectivity index (χ3v) is 7.29. The van der Waals surface area contributed by atoms with Crippen molar-refractivity contribution in [1.82, 2.24) is 15.1 Å². The standard InChI is InChI=1S/C23H35N3O2/c1-18-8-13-25(14-9-18)21(19-6-3-2-4-7-19)17-24-22(28)26-15-10-20(27)16-23(26)11-5-12-23/h2-4,6-7,18,20-21,27H,5,8-17H2,1H3,(H,24,28). The molecule has 2 heterocycles. The SMILES string of the molecule is CC1CCN(C(CNC(=O)N2CCC(O)CC23CCC3)c2ccccc2)CC1. The highest BCUT2D eigenvalue weighted by Gasteiger charge is 2.48. The molecule has 154 valence electrons. The van der Waals surface area contributed by atoms with Gasteiger partial charge in [0.1, 0.15) is 0 Å². The van der Waals surface area contributed by atoms with Crippen molar-refractivity contribution >= 4 is 6.03 Å². The molecule has 3 fully saturated rings. The molecule has 1 aliphatic carbocycles. The van der Waals surface area contributed by atoms with Crippen LogP contribution in [0.3, 0.4) is 0 Å². The minimum absolute atomic E-state index is 0.0536. The number of carbonyl (C=O) groups is 1. The molecule has 1 spiro atoms. The normalized spacial score (nSPS) is 26.6. The lowest BCUT2D eigenvalue weighted by Crippen LogP contribution is -2.63. The number of nitrogens with one attached hydrogen (secondary N) is 1. The van der Waals surface area contributed by atoms with E-state index in [1.807, 2.05) is 4.90 Å². The fraction of sp³-hybridized carbons (Fsp3) is 0.696. The van der Waals surface area contributed by atoms with E-state index in [0.717, 1.165) is 44.7 Å². The summed E-state index contributed by atoms with van der Waals surface area (Å²) >= 11 is 0. The number of rotatable bonds is 4. The second-order valence-corrected chi connectivity index (χ2v) is 9.21. The first-order valence-electron chi connectivity index (χ1n) is 11.1. The van der Waals surface area contributed by atoms with Crippen LogP contribution in [0.15, 0.2) is 30.3 Å². The molecular weight excluding hydrogens is 350 g/mol. The lowest BCUT2D eigenvalue weighted by atomic mass is 9.69. The summed E-state index contributed by atoms with van der Waals surface area (Å²) in [7, 11) is 0. The highest BCUT2D eigenvalue weighted by Crippen LogP contribution is 2.44. The number of piperidine rings is 2. The van der Waals surface area contributed by atoms with Crippen LogP contribution in [0.5, 0.6) is 0 Å². The van der Waals surface area contributed by atoms with Gasteiger partial charge in [0.05, 0.1) is 12.1 Å². The van der Waals surface area contributed by atoms with Crippen LogP contribution in [-0.2, 0) is 0 Å². The first-order valence-corrected chi connectivity index (χ1v) is 11.1. The van der Waals surface area contributed by atoms with Crippen LogP contribution in [0.25, 0.3) is 0 Å². The predicted octanol–water partition coefficient (Wildman–Crippen LogP) is 3.55. The van der Waals surface area contributed by atoms with Crippen LogP contribution >= 0.6 is 0 Å². The highest BCUT2D eigenvalue weighted by atomic mass is 16.3. The molecule has 2 amide bonds. The van der Waals surface area contributed by atoms with Crippen LogP contribution < -0.4 is 5.32 Å². The fourth-order valence-electron chi connectivity index (χ4n) is 5.29. The average Bonchev–Trinajstić information content (AvgIpc) is 2.68. The number of likely N-dealkylation sites (tertiary alicyclic amines) is 2. The van der Waals surface area contributed by atoms with Crippen molar-refractivity contribution in [1.29, 1.82) is 0 Å². The van der Waals surface area contributed by atoms with E-state index in [9.17, 15) is 9.90 Å². The number of carbonyl (C=O) groups excluding carboxylic acids is 1. The monoisotopic (exact) mass is 385 g/mol. The summed E-state index contributed by atoms with van der Waals surface area (Å²) in [5, 5.41) is 13.4. The van der Waals surface area contributed by atoms with Gasteiger partial charge in [0.2, 0.25) is 0 Å². The quantitative estimate of drug-likeness (QED) is 0.833. The minimum atomic E-state index is -0.253. The van der Waals surface area contributed by atoms with Gasteiger partial charge in [0, 0.05) is 18.6 Å². The zero-order valence-electron chi connectivity index (χ0n) is 17.1. The molecule has 2 aliphatic heterocycles. The van der Waals surface area contributed by atoms with Crippen molar-refractivity contribution in [3.63, 3.8) is 0 Å². The van der Waals surface area contributed by atoms with Crippen LogP contribution in [0.2, 0.25) is 0 Å². The Hall–Kier alpha value is -1.59. The smallest absolute Gasteiger partial charge is 0.317 e. The van der Waals surface area contributed by atoms with Gasteiger partial charge in [-0.25, -0.2) is 4.79 Å². The Morgan fingerprint density at radius 3 is 2.54 bits per heavy atom. The van der Waals surface area contributed by atoms with Gasteiger partial charge < -0.3 is 15.3 Å². The summed E-state index contributed by atoms with van der Waals surface area (Å²) in [6, 6.07) is 10.9. The van der Waals surface area contributed by atoms with E-state index in [4.69, 9.17) is 0 Å². The number of aliphatic hydroxyl groups excluding tert-OH is 1. The largest absolute Gasteiger partial charge is 0.393 e. The predicted molar refractivity (Wildman–Crippen MR) is 111 cm³/mol. The van der Waals surface area contributed by atoms with E-state index < -0.39 is 0 Å². The first-order chi connectivity index (χ1) is 13.6. The molecule has 28 heavy (non-hydrogen) atoms.